The summed E-state index contributed by atoms with van der Waals surface area (Å²) in [6.45, 7) is 2.63. The van der Waals surface area contributed by atoms with E-state index in [4.69, 9.17) is 4.74 Å². The van der Waals surface area contributed by atoms with Crippen molar-refractivity contribution in [3.8, 4) is 0 Å². The zero-order chi connectivity index (χ0) is 14.7. The second-order valence-corrected chi connectivity index (χ2v) is 6.23. The highest BCUT2D eigenvalue weighted by Crippen LogP contribution is 2.30. The second-order valence-electron chi connectivity index (χ2n) is 6.23. The van der Waals surface area contributed by atoms with Gasteiger partial charge >= 0.3 is 0 Å². The van der Waals surface area contributed by atoms with Crippen molar-refractivity contribution in [3.05, 3.63) is 47.7 Å². The van der Waals surface area contributed by atoms with Crippen molar-refractivity contribution in [2.24, 2.45) is 5.92 Å². The van der Waals surface area contributed by atoms with Crippen molar-refractivity contribution in [2.75, 3.05) is 26.8 Å². The number of rotatable bonds is 4. The number of nitrogens with zero attached hydrogens (tertiary/aromatic N) is 1. The topological polar surface area (TPSA) is 29.5 Å². The first-order chi connectivity index (χ1) is 10.2. The maximum absolute atomic E-state index is 11.4. The molecule has 1 fully saturated rings. The predicted octanol–water partition coefficient (Wildman–Crippen LogP) is 2.99. The zero-order valence-electron chi connectivity index (χ0n) is 12.6. The number of ether oxygens (including phenoxy) is 1. The Balaban J connectivity index is 1.59. The molecule has 1 aliphatic carbocycles. The SMILES string of the molecule is CN(CC1COCC(c2ccccc2)C1)C1=CC(=O)CC1. The Morgan fingerprint density at radius 1 is 1.19 bits per heavy atom. The largest absolute Gasteiger partial charge is 0.380 e. The molecule has 112 valence electrons. The van der Waals surface area contributed by atoms with Gasteiger partial charge in [0.15, 0.2) is 5.78 Å². The van der Waals surface area contributed by atoms with Crippen LogP contribution in [0, 0.1) is 5.92 Å². The number of carbonyl (C=O) groups is 1. The van der Waals surface area contributed by atoms with Gasteiger partial charge in [0.25, 0.3) is 0 Å². The van der Waals surface area contributed by atoms with Crippen LogP contribution < -0.4 is 0 Å². The Kier molecular flexibility index (Phi) is 4.39. The monoisotopic (exact) mass is 285 g/mol. The lowest BCUT2D eigenvalue weighted by molar-refractivity contribution is -0.114. The Hall–Kier alpha value is -1.61. The quantitative estimate of drug-likeness (QED) is 0.852. The first-order valence-corrected chi connectivity index (χ1v) is 7.79. The van der Waals surface area contributed by atoms with Crippen LogP contribution >= 0.6 is 0 Å². The number of allylic oxidation sites excluding steroid dienone is 2. The zero-order valence-corrected chi connectivity index (χ0v) is 12.6. The average molecular weight is 285 g/mol. The summed E-state index contributed by atoms with van der Waals surface area (Å²) < 4.78 is 5.82. The van der Waals surface area contributed by atoms with Gasteiger partial charge in [0.2, 0.25) is 0 Å². The first-order valence-electron chi connectivity index (χ1n) is 7.79. The fourth-order valence-corrected chi connectivity index (χ4v) is 3.39. The summed E-state index contributed by atoms with van der Waals surface area (Å²) in [6, 6.07) is 10.6. The molecule has 0 amide bonds. The standard InChI is InChI=1S/C18H23NO2/c1-19(17-7-8-18(20)10-17)11-14-9-16(13-21-12-14)15-5-3-2-4-6-15/h2-6,10,14,16H,7-9,11-13H2,1H3. The maximum atomic E-state index is 11.4. The summed E-state index contributed by atoms with van der Waals surface area (Å²) in [5.74, 6) is 1.29. The van der Waals surface area contributed by atoms with Crippen LogP contribution in [0.4, 0.5) is 0 Å². The molecule has 3 rings (SSSR count). The number of ketones is 1. The molecule has 1 aliphatic heterocycles. The van der Waals surface area contributed by atoms with Gasteiger partial charge in [0, 0.05) is 43.6 Å². The van der Waals surface area contributed by atoms with Gasteiger partial charge in [-0.05, 0) is 18.4 Å². The lowest BCUT2D eigenvalue weighted by atomic mass is 9.87. The highest BCUT2D eigenvalue weighted by atomic mass is 16.5. The summed E-state index contributed by atoms with van der Waals surface area (Å²) in [6.07, 6.45) is 4.53. The van der Waals surface area contributed by atoms with Crippen LogP contribution in [0.15, 0.2) is 42.1 Å². The summed E-state index contributed by atoms with van der Waals surface area (Å²) >= 11 is 0. The smallest absolute Gasteiger partial charge is 0.157 e. The Morgan fingerprint density at radius 2 is 2.00 bits per heavy atom. The van der Waals surface area contributed by atoms with Crippen molar-refractivity contribution in [1.82, 2.24) is 4.90 Å². The van der Waals surface area contributed by atoms with E-state index in [1.165, 1.54) is 11.3 Å². The molecule has 0 spiro atoms. The van der Waals surface area contributed by atoms with Crippen molar-refractivity contribution >= 4 is 5.78 Å². The van der Waals surface area contributed by atoms with E-state index >= 15 is 0 Å². The number of carbonyl (C=O) groups excluding carboxylic acids is 1. The van der Waals surface area contributed by atoms with Crippen LogP contribution in [0.5, 0.6) is 0 Å². The van der Waals surface area contributed by atoms with Crippen molar-refractivity contribution in [1.29, 1.82) is 0 Å². The third-order valence-corrected chi connectivity index (χ3v) is 4.54. The molecule has 0 bridgehead atoms. The molecule has 3 nitrogen and oxygen atoms in total. The molecule has 21 heavy (non-hydrogen) atoms. The molecule has 1 saturated heterocycles. The number of hydrogen-bond acceptors (Lipinski definition) is 3. The Bertz CT molecular complexity index is 523. The molecule has 1 heterocycles. The van der Waals surface area contributed by atoms with Crippen molar-refractivity contribution in [2.45, 2.75) is 25.2 Å². The molecule has 0 aromatic heterocycles. The fourth-order valence-electron chi connectivity index (χ4n) is 3.39. The summed E-state index contributed by atoms with van der Waals surface area (Å²) in [5.41, 5.74) is 2.56. The molecule has 0 radical (unpaired) electrons. The third kappa shape index (κ3) is 3.53. The Labute approximate surface area is 126 Å². The van der Waals surface area contributed by atoms with Gasteiger partial charge in [-0.25, -0.2) is 0 Å². The Morgan fingerprint density at radius 3 is 2.71 bits per heavy atom. The minimum Gasteiger partial charge on any atom is -0.380 e. The van der Waals surface area contributed by atoms with E-state index in [1.54, 1.807) is 6.08 Å². The van der Waals surface area contributed by atoms with E-state index < -0.39 is 0 Å². The molecule has 0 N–H and O–H groups in total. The van der Waals surface area contributed by atoms with Crippen LogP contribution in [-0.4, -0.2) is 37.5 Å². The van der Waals surface area contributed by atoms with Gasteiger partial charge in [-0.15, -0.1) is 0 Å². The van der Waals surface area contributed by atoms with E-state index in [2.05, 4.69) is 42.3 Å². The number of benzene rings is 1. The molecular weight excluding hydrogens is 262 g/mol. The molecule has 3 heteroatoms. The molecular formula is C18H23NO2. The van der Waals surface area contributed by atoms with Gasteiger partial charge in [-0.1, -0.05) is 30.3 Å². The summed E-state index contributed by atoms with van der Waals surface area (Å²) in [7, 11) is 2.09. The van der Waals surface area contributed by atoms with E-state index in [9.17, 15) is 4.79 Å². The van der Waals surface area contributed by atoms with Gasteiger partial charge in [0.1, 0.15) is 0 Å². The third-order valence-electron chi connectivity index (χ3n) is 4.54. The molecule has 0 saturated carbocycles. The second kappa shape index (κ2) is 6.44. The van der Waals surface area contributed by atoms with Crippen molar-refractivity contribution in [3.63, 3.8) is 0 Å². The van der Waals surface area contributed by atoms with Crippen LogP contribution in [0.25, 0.3) is 0 Å². The highest BCUT2D eigenvalue weighted by Gasteiger charge is 2.26. The van der Waals surface area contributed by atoms with Crippen LogP contribution in [0.1, 0.15) is 30.7 Å². The van der Waals surface area contributed by atoms with Gasteiger partial charge in [-0.2, -0.15) is 0 Å². The molecule has 2 unspecified atom stereocenters. The van der Waals surface area contributed by atoms with Gasteiger partial charge in [-0.3, -0.25) is 4.79 Å². The van der Waals surface area contributed by atoms with E-state index in [0.717, 1.165) is 32.6 Å². The highest BCUT2D eigenvalue weighted by molar-refractivity contribution is 5.92. The predicted molar refractivity (Wildman–Crippen MR) is 83.1 cm³/mol. The van der Waals surface area contributed by atoms with E-state index in [0.29, 0.717) is 18.3 Å². The summed E-state index contributed by atoms with van der Waals surface area (Å²) in [4.78, 5) is 13.6. The minimum absolute atomic E-state index is 0.263. The van der Waals surface area contributed by atoms with Crippen LogP contribution in [0.3, 0.4) is 0 Å². The molecule has 2 atom stereocenters. The molecule has 2 aliphatic rings. The van der Waals surface area contributed by atoms with Crippen LogP contribution in [-0.2, 0) is 9.53 Å². The van der Waals surface area contributed by atoms with E-state index in [1.807, 2.05) is 0 Å². The minimum atomic E-state index is 0.263. The lowest BCUT2D eigenvalue weighted by Crippen LogP contribution is -2.33. The maximum Gasteiger partial charge on any atom is 0.157 e. The molecule has 1 aromatic carbocycles. The van der Waals surface area contributed by atoms with Gasteiger partial charge < -0.3 is 9.64 Å². The lowest BCUT2D eigenvalue weighted by Gasteiger charge is -2.33. The van der Waals surface area contributed by atoms with Crippen molar-refractivity contribution < 1.29 is 9.53 Å². The fraction of sp³-hybridized carbons (Fsp3) is 0.500. The van der Waals surface area contributed by atoms with E-state index in [-0.39, 0.29) is 5.78 Å². The first kappa shape index (κ1) is 14.3. The summed E-state index contributed by atoms with van der Waals surface area (Å²) in [5, 5.41) is 0. The van der Waals surface area contributed by atoms with Gasteiger partial charge in [0.05, 0.1) is 13.2 Å². The molecule has 1 aromatic rings. The normalized spacial score (nSPS) is 25.8. The average Bonchev–Trinajstić information content (AvgIpc) is 2.95. The van der Waals surface area contributed by atoms with Crippen LogP contribution in [0.2, 0.25) is 0 Å². The number of hydrogen-bond donors (Lipinski definition) is 0.